The van der Waals surface area contributed by atoms with Crippen LogP contribution in [-0.4, -0.2) is 27.6 Å². The van der Waals surface area contributed by atoms with Gasteiger partial charge in [0.15, 0.2) is 0 Å². The Morgan fingerprint density at radius 3 is 2.77 bits per heavy atom. The number of carbonyl (C=O) groups excluding carboxylic acids is 1. The molecule has 0 unspecified atom stereocenters. The lowest BCUT2D eigenvalue weighted by Crippen LogP contribution is -2.25. The number of aromatic amines is 2. The molecule has 1 heterocycles. The molecule has 2 aromatic rings. The van der Waals surface area contributed by atoms with Gasteiger partial charge in [0, 0.05) is 23.6 Å². The summed E-state index contributed by atoms with van der Waals surface area (Å²) in [7, 11) is 0. The van der Waals surface area contributed by atoms with E-state index in [9.17, 15) is 9.59 Å². The SMILES string of the molecule is CC(C)c1ccc(C(=O)NCCCc2n[nH]c(=O)[nH]2)cc1Cl. The second-order valence-corrected chi connectivity index (χ2v) is 5.78. The topological polar surface area (TPSA) is 90.6 Å². The smallest absolute Gasteiger partial charge is 0.340 e. The van der Waals surface area contributed by atoms with Crippen molar-refractivity contribution in [3.05, 3.63) is 50.7 Å². The third-order valence-electron chi connectivity index (χ3n) is 3.31. The Balaban J connectivity index is 1.84. The van der Waals surface area contributed by atoms with Gasteiger partial charge in [-0.15, -0.1) is 0 Å². The number of amides is 1. The molecular weight excluding hydrogens is 304 g/mol. The summed E-state index contributed by atoms with van der Waals surface area (Å²) >= 11 is 6.19. The number of aromatic nitrogens is 3. The van der Waals surface area contributed by atoms with Crippen molar-refractivity contribution in [2.45, 2.75) is 32.6 Å². The Morgan fingerprint density at radius 1 is 1.41 bits per heavy atom. The van der Waals surface area contributed by atoms with E-state index < -0.39 is 0 Å². The Morgan fingerprint density at radius 2 is 2.18 bits per heavy atom. The number of H-pyrrole nitrogens is 2. The van der Waals surface area contributed by atoms with E-state index in [1.807, 2.05) is 6.07 Å². The maximum Gasteiger partial charge on any atom is 0.340 e. The Labute approximate surface area is 133 Å². The fraction of sp³-hybridized carbons (Fsp3) is 0.400. The molecule has 0 aliphatic rings. The number of halogens is 1. The first kappa shape index (κ1) is 16.3. The number of hydrogen-bond acceptors (Lipinski definition) is 3. The third-order valence-corrected chi connectivity index (χ3v) is 3.64. The second-order valence-electron chi connectivity index (χ2n) is 5.37. The van der Waals surface area contributed by atoms with E-state index in [2.05, 4.69) is 34.3 Å². The summed E-state index contributed by atoms with van der Waals surface area (Å²) in [5, 5.41) is 9.54. The molecule has 0 aliphatic carbocycles. The number of hydrogen-bond donors (Lipinski definition) is 3. The molecule has 0 bridgehead atoms. The number of nitrogens with one attached hydrogen (secondary N) is 3. The lowest BCUT2D eigenvalue weighted by atomic mass is 10.0. The summed E-state index contributed by atoms with van der Waals surface area (Å²) in [5.74, 6) is 0.747. The molecule has 6 nitrogen and oxygen atoms in total. The van der Waals surface area contributed by atoms with Gasteiger partial charge >= 0.3 is 5.69 Å². The molecule has 2 rings (SSSR count). The average molecular weight is 323 g/mol. The van der Waals surface area contributed by atoms with Crippen molar-refractivity contribution in [2.75, 3.05) is 6.54 Å². The van der Waals surface area contributed by atoms with E-state index >= 15 is 0 Å². The van der Waals surface area contributed by atoms with Gasteiger partial charge in [-0.3, -0.25) is 9.78 Å². The maximum atomic E-state index is 12.0. The maximum absolute atomic E-state index is 12.0. The largest absolute Gasteiger partial charge is 0.352 e. The predicted molar refractivity (Wildman–Crippen MR) is 85.4 cm³/mol. The summed E-state index contributed by atoms with van der Waals surface area (Å²) in [5.41, 5.74) is 1.25. The zero-order valence-electron chi connectivity index (χ0n) is 12.6. The molecule has 0 saturated carbocycles. The highest BCUT2D eigenvalue weighted by molar-refractivity contribution is 6.31. The molecule has 22 heavy (non-hydrogen) atoms. The highest BCUT2D eigenvalue weighted by Crippen LogP contribution is 2.25. The van der Waals surface area contributed by atoms with Crippen LogP contribution in [0.3, 0.4) is 0 Å². The normalized spacial score (nSPS) is 10.9. The summed E-state index contributed by atoms with van der Waals surface area (Å²) in [6.07, 6.45) is 1.27. The van der Waals surface area contributed by atoms with E-state index in [4.69, 9.17) is 11.6 Å². The van der Waals surface area contributed by atoms with E-state index in [1.54, 1.807) is 12.1 Å². The van der Waals surface area contributed by atoms with Gasteiger partial charge in [0.1, 0.15) is 5.82 Å². The molecule has 0 spiro atoms. The lowest BCUT2D eigenvalue weighted by molar-refractivity contribution is 0.0953. The minimum absolute atomic E-state index is 0.160. The summed E-state index contributed by atoms with van der Waals surface area (Å²) in [6.45, 7) is 4.61. The molecule has 1 aromatic heterocycles. The van der Waals surface area contributed by atoms with E-state index in [0.717, 1.165) is 5.56 Å². The monoisotopic (exact) mass is 322 g/mol. The van der Waals surface area contributed by atoms with Crippen LogP contribution >= 0.6 is 11.6 Å². The zero-order valence-corrected chi connectivity index (χ0v) is 13.3. The standard InChI is InChI=1S/C15H19ClN4O2/c1-9(2)11-6-5-10(8-12(11)16)14(21)17-7-3-4-13-18-15(22)20-19-13/h5-6,8-9H,3-4,7H2,1-2H3,(H,17,21)(H2,18,19,20,22). The van der Waals surface area contributed by atoms with Crippen LogP contribution in [0, 0.1) is 0 Å². The number of aryl methyl sites for hydroxylation is 1. The van der Waals surface area contributed by atoms with Crippen molar-refractivity contribution in [1.29, 1.82) is 0 Å². The van der Waals surface area contributed by atoms with Crippen molar-refractivity contribution in [3.63, 3.8) is 0 Å². The van der Waals surface area contributed by atoms with Gasteiger partial charge in [0.05, 0.1) is 0 Å². The lowest BCUT2D eigenvalue weighted by Gasteiger charge is -2.10. The van der Waals surface area contributed by atoms with Crippen molar-refractivity contribution in [1.82, 2.24) is 20.5 Å². The first-order chi connectivity index (χ1) is 10.5. The number of benzene rings is 1. The Hall–Kier alpha value is -2.08. The van der Waals surface area contributed by atoms with Gasteiger partial charge in [-0.2, -0.15) is 5.10 Å². The van der Waals surface area contributed by atoms with Crippen molar-refractivity contribution >= 4 is 17.5 Å². The van der Waals surface area contributed by atoms with Gasteiger partial charge < -0.3 is 5.32 Å². The molecule has 0 fully saturated rings. The molecule has 3 N–H and O–H groups in total. The minimum Gasteiger partial charge on any atom is -0.352 e. The van der Waals surface area contributed by atoms with Crippen LogP contribution in [0.5, 0.6) is 0 Å². The molecular formula is C15H19ClN4O2. The van der Waals surface area contributed by atoms with Crippen LogP contribution in [-0.2, 0) is 6.42 Å². The van der Waals surface area contributed by atoms with Crippen molar-refractivity contribution < 1.29 is 4.79 Å². The van der Waals surface area contributed by atoms with Crippen LogP contribution in [0.15, 0.2) is 23.0 Å². The predicted octanol–water partition coefficient (Wildman–Crippen LogP) is 2.24. The van der Waals surface area contributed by atoms with Crippen LogP contribution in [0.1, 0.15) is 47.9 Å². The summed E-state index contributed by atoms with van der Waals surface area (Å²) in [4.78, 5) is 25.5. The van der Waals surface area contributed by atoms with Gasteiger partial charge in [0.25, 0.3) is 5.91 Å². The van der Waals surface area contributed by atoms with Crippen LogP contribution < -0.4 is 11.0 Å². The molecule has 118 valence electrons. The zero-order chi connectivity index (χ0) is 16.1. The fourth-order valence-corrected chi connectivity index (χ4v) is 2.52. The summed E-state index contributed by atoms with van der Waals surface area (Å²) < 4.78 is 0. The van der Waals surface area contributed by atoms with Crippen LogP contribution in [0.4, 0.5) is 0 Å². The molecule has 1 amide bonds. The van der Waals surface area contributed by atoms with Crippen molar-refractivity contribution in [3.8, 4) is 0 Å². The van der Waals surface area contributed by atoms with Crippen molar-refractivity contribution in [2.24, 2.45) is 0 Å². The first-order valence-electron chi connectivity index (χ1n) is 7.18. The van der Waals surface area contributed by atoms with E-state index in [-0.39, 0.29) is 11.6 Å². The number of nitrogens with zero attached hydrogens (tertiary/aromatic N) is 1. The van der Waals surface area contributed by atoms with E-state index in [0.29, 0.717) is 41.7 Å². The Bertz CT molecular complexity index is 706. The van der Waals surface area contributed by atoms with Gasteiger partial charge in [-0.1, -0.05) is 31.5 Å². The Kier molecular flexibility index (Phi) is 5.38. The highest BCUT2D eigenvalue weighted by Gasteiger charge is 2.10. The van der Waals surface area contributed by atoms with Crippen LogP contribution in [0.2, 0.25) is 5.02 Å². The summed E-state index contributed by atoms with van der Waals surface area (Å²) in [6, 6.07) is 5.36. The van der Waals surface area contributed by atoms with Crippen LogP contribution in [0.25, 0.3) is 0 Å². The van der Waals surface area contributed by atoms with Gasteiger partial charge in [-0.05, 0) is 30.0 Å². The fourth-order valence-electron chi connectivity index (χ4n) is 2.12. The average Bonchev–Trinajstić information content (AvgIpc) is 2.88. The quantitative estimate of drug-likeness (QED) is 0.712. The molecule has 0 radical (unpaired) electrons. The van der Waals surface area contributed by atoms with Gasteiger partial charge in [-0.25, -0.2) is 9.89 Å². The van der Waals surface area contributed by atoms with Gasteiger partial charge in [0.2, 0.25) is 0 Å². The minimum atomic E-state index is -0.320. The molecule has 0 aliphatic heterocycles. The third kappa shape index (κ3) is 4.21. The van der Waals surface area contributed by atoms with E-state index in [1.165, 1.54) is 0 Å². The second kappa shape index (κ2) is 7.26. The first-order valence-corrected chi connectivity index (χ1v) is 7.56. The number of carbonyl (C=O) groups is 1. The molecule has 0 atom stereocenters. The molecule has 1 aromatic carbocycles. The molecule has 7 heteroatoms. The number of rotatable bonds is 6. The molecule has 0 saturated heterocycles. The highest BCUT2D eigenvalue weighted by atomic mass is 35.5.